The molecule has 9 heteroatoms. The summed E-state index contributed by atoms with van der Waals surface area (Å²) in [7, 11) is 5.98. The lowest BCUT2D eigenvalue weighted by Gasteiger charge is -2.25. The molecule has 0 aliphatic rings. The summed E-state index contributed by atoms with van der Waals surface area (Å²) < 4.78 is 23.0. The van der Waals surface area contributed by atoms with Crippen molar-refractivity contribution < 1.29 is 42.9 Å². The van der Waals surface area contributed by atoms with Gasteiger partial charge < -0.3 is 28.5 Å². The lowest BCUT2D eigenvalue weighted by molar-refractivity contribution is -0.870. The number of likely N-dealkylation sites (N-methyl/N-ethyl adjacent to an activating group) is 1. The summed E-state index contributed by atoms with van der Waals surface area (Å²) in [6.45, 7) is 4.82. The Morgan fingerprint density at radius 3 is 1.06 bits per heavy atom. The predicted molar refractivity (Wildman–Crippen MR) is 341 cm³/mol. The zero-order chi connectivity index (χ0) is 58.3. The molecule has 0 aromatic rings. The topological polar surface area (TPSA) is 108 Å². The van der Waals surface area contributed by atoms with Crippen molar-refractivity contribution in [2.45, 2.75) is 328 Å². The van der Waals surface area contributed by atoms with E-state index in [9.17, 15) is 19.5 Å². The molecule has 0 aromatic carbocycles. The Balaban J connectivity index is 4.05. The van der Waals surface area contributed by atoms with Crippen molar-refractivity contribution in [3.63, 3.8) is 0 Å². The highest BCUT2D eigenvalue weighted by Crippen LogP contribution is 2.18. The number of aliphatic carboxylic acids is 1. The molecule has 80 heavy (non-hydrogen) atoms. The number of esters is 2. The van der Waals surface area contributed by atoms with Gasteiger partial charge in [0, 0.05) is 12.8 Å². The number of rotatable bonds is 63. The zero-order valence-corrected chi connectivity index (χ0v) is 53.2. The van der Waals surface area contributed by atoms with Gasteiger partial charge >= 0.3 is 17.9 Å². The third-order valence-corrected chi connectivity index (χ3v) is 15.0. The molecule has 0 amide bonds. The molecule has 2 atom stereocenters. The second-order valence-electron chi connectivity index (χ2n) is 24.1. The summed E-state index contributed by atoms with van der Waals surface area (Å²) in [6, 6.07) is 0. The minimum Gasteiger partial charge on any atom is -0.477 e. The largest absolute Gasteiger partial charge is 0.477 e. The first-order valence-corrected chi connectivity index (χ1v) is 34.0. The smallest absolute Gasteiger partial charge is 0.361 e. The molecule has 1 N–H and O–H groups in total. The monoisotopic (exact) mass is 1120 g/mol. The summed E-state index contributed by atoms with van der Waals surface area (Å²) >= 11 is 0. The Kier molecular flexibility index (Phi) is 59.7. The van der Waals surface area contributed by atoms with Crippen LogP contribution in [0.25, 0.3) is 0 Å². The Morgan fingerprint density at radius 2 is 0.713 bits per heavy atom. The molecule has 9 nitrogen and oxygen atoms in total. The van der Waals surface area contributed by atoms with E-state index in [-0.39, 0.29) is 38.2 Å². The highest BCUT2D eigenvalue weighted by molar-refractivity contribution is 5.71. The van der Waals surface area contributed by atoms with Crippen LogP contribution in [0, 0.1) is 0 Å². The fraction of sp³-hybridized carbons (Fsp3) is 0.817. The average Bonchev–Trinajstić information content (AvgIpc) is 3.43. The third kappa shape index (κ3) is 62.6. The first-order valence-electron chi connectivity index (χ1n) is 34.0. The van der Waals surface area contributed by atoms with E-state index >= 15 is 0 Å². The standard InChI is InChI=1S/C71H129NO8/c1-6-8-10-12-14-16-18-20-22-24-26-28-29-30-31-32-33-34-35-36-37-38-39-40-41-42-44-46-48-50-52-54-56-58-60-62-69(74)80-67(66-79-71(70(75)76)77-64-63-72(3,4)5)65-78-68(73)61-59-57-55-53-51-49-47-45-43-27-25-23-21-19-17-15-13-11-9-7-2/h8,10,14,16,20,22,26,28,30-31,67,71H,6-7,9,11-13,15,17-19,21,23-25,27,29,32-66H2,1-5H3/p+1/b10-8-,16-14-,22-20-,28-26-,31-30-. The predicted octanol–water partition coefficient (Wildman–Crippen LogP) is 20.7. The fourth-order valence-corrected chi connectivity index (χ4v) is 9.87. The highest BCUT2D eigenvalue weighted by atomic mass is 16.7. The van der Waals surface area contributed by atoms with Gasteiger partial charge in [-0.15, -0.1) is 0 Å². The van der Waals surface area contributed by atoms with Crippen molar-refractivity contribution in [1.82, 2.24) is 0 Å². The molecule has 466 valence electrons. The first kappa shape index (κ1) is 77.0. The van der Waals surface area contributed by atoms with E-state index in [0.717, 1.165) is 70.6 Å². The van der Waals surface area contributed by atoms with Crippen LogP contribution in [0.15, 0.2) is 60.8 Å². The van der Waals surface area contributed by atoms with Crippen LogP contribution in [-0.4, -0.2) is 87.4 Å². The minimum absolute atomic E-state index is 0.177. The van der Waals surface area contributed by atoms with E-state index in [4.69, 9.17) is 18.9 Å². The van der Waals surface area contributed by atoms with Gasteiger partial charge in [-0.05, 0) is 57.8 Å². The van der Waals surface area contributed by atoms with Crippen molar-refractivity contribution in [3.05, 3.63) is 60.8 Å². The second kappa shape index (κ2) is 62.0. The van der Waals surface area contributed by atoms with Gasteiger partial charge in [-0.2, -0.15) is 0 Å². The molecule has 0 saturated heterocycles. The van der Waals surface area contributed by atoms with Gasteiger partial charge in [-0.25, -0.2) is 4.79 Å². The van der Waals surface area contributed by atoms with Crippen LogP contribution in [-0.2, 0) is 33.3 Å². The van der Waals surface area contributed by atoms with Crippen LogP contribution < -0.4 is 0 Å². The minimum atomic E-state index is -1.51. The molecular formula is C71H130NO8+. The van der Waals surface area contributed by atoms with Gasteiger partial charge in [0.1, 0.15) is 13.2 Å². The third-order valence-electron chi connectivity index (χ3n) is 15.0. The van der Waals surface area contributed by atoms with E-state index in [1.807, 2.05) is 21.1 Å². The number of carbonyl (C=O) groups excluding carboxylic acids is 2. The van der Waals surface area contributed by atoms with Gasteiger partial charge in [0.25, 0.3) is 6.29 Å². The van der Waals surface area contributed by atoms with Gasteiger partial charge in [0.15, 0.2) is 6.10 Å². The first-order chi connectivity index (χ1) is 39.1. The molecule has 0 aliphatic carbocycles. The fourth-order valence-electron chi connectivity index (χ4n) is 9.87. The number of ether oxygens (including phenoxy) is 4. The summed E-state index contributed by atoms with van der Waals surface area (Å²) in [4.78, 5) is 37.6. The molecule has 2 unspecified atom stereocenters. The normalized spacial score (nSPS) is 13.1. The van der Waals surface area contributed by atoms with E-state index < -0.39 is 18.4 Å². The maximum absolute atomic E-state index is 12.9. The molecule has 0 heterocycles. The number of allylic oxidation sites excluding steroid dienone is 10. The molecule has 0 saturated carbocycles. The molecule has 0 rings (SSSR count). The molecule has 0 spiro atoms. The molecule has 0 radical (unpaired) electrons. The van der Waals surface area contributed by atoms with Gasteiger partial charge in [-0.3, -0.25) is 9.59 Å². The van der Waals surface area contributed by atoms with Crippen molar-refractivity contribution in [3.8, 4) is 0 Å². The summed E-state index contributed by atoms with van der Waals surface area (Å²) in [5.74, 6) is -1.98. The Morgan fingerprint density at radius 1 is 0.388 bits per heavy atom. The van der Waals surface area contributed by atoms with Gasteiger partial charge in [-0.1, -0.05) is 306 Å². The Hall–Kier alpha value is -3.01. The number of carboxylic acid groups (broad SMARTS) is 1. The summed E-state index contributed by atoms with van der Waals surface area (Å²) in [5, 5.41) is 9.73. The van der Waals surface area contributed by atoms with Crippen molar-refractivity contribution in [1.29, 1.82) is 0 Å². The molecular weight excluding hydrogens is 995 g/mol. The van der Waals surface area contributed by atoms with Gasteiger partial charge in [0.05, 0.1) is 34.4 Å². The average molecular weight is 1130 g/mol. The van der Waals surface area contributed by atoms with Crippen molar-refractivity contribution in [2.24, 2.45) is 0 Å². The number of unbranched alkanes of at least 4 members (excludes halogenated alkanes) is 38. The maximum atomic E-state index is 12.9. The number of nitrogens with zero attached hydrogens (tertiary/aromatic N) is 1. The molecule has 0 aliphatic heterocycles. The lowest BCUT2D eigenvalue weighted by Crippen LogP contribution is -2.40. The van der Waals surface area contributed by atoms with Crippen LogP contribution in [0.3, 0.4) is 0 Å². The zero-order valence-electron chi connectivity index (χ0n) is 53.2. The second-order valence-corrected chi connectivity index (χ2v) is 24.1. The lowest BCUT2D eigenvalue weighted by atomic mass is 10.0. The van der Waals surface area contributed by atoms with E-state index in [0.29, 0.717) is 17.4 Å². The van der Waals surface area contributed by atoms with E-state index in [2.05, 4.69) is 74.6 Å². The van der Waals surface area contributed by atoms with Crippen LogP contribution in [0.4, 0.5) is 0 Å². The number of hydrogen-bond acceptors (Lipinski definition) is 7. The summed E-state index contributed by atoms with van der Waals surface area (Å²) in [5.41, 5.74) is 0. The van der Waals surface area contributed by atoms with Crippen LogP contribution in [0.5, 0.6) is 0 Å². The molecule has 0 aromatic heterocycles. The molecule has 0 fully saturated rings. The van der Waals surface area contributed by atoms with Crippen LogP contribution >= 0.6 is 0 Å². The maximum Gasteiger partial charge on any atom is 0.361 e. The van der Waals surface area contributed by atoms with Gasteiger partial charge in [0.2, 0.25) is 0 Å². The van der Waals surface area contributed by atoms with Crippen molar-refractivity contribution >= 4 is 17.9 Å². The number of hydrogen-bond donors (Lipinski definition) is 1. The Bertz CT molecular complexity index is 1500. The van der Waals surface area contributed by atoms with E-state index in [1.165, 1.54) is 218 Å². The van der Waals surface area contributed by atoms with Crippen molar-refractivity contribution in [2.75, 3.05) is 47.5 Å². The quantitative estimate of drug-likeness (QED) is 0.0211. The van der Waals surface area contributed by atoms with Crippen LogP contribution in [0.1, 0.15) is 316 Å². The number of carbonyl (C=O) groups is 3. The molecule has 0 bridgehead atoms. The summed E-state index contributed by atoms with van der Waals surface area (Å²) in [6.07, 6.45) is 77.6. The van der Waals surface area contributed by atoms with Crippen LogP contribution in [0.2, 0.25) is 0 Å². The van der Waals surface area contributed by atoms with E-state index in [1.54, 1.807) is 0 Å². The number of quaternary nitrogens is 1. The Labute approximate surface area is 495 Å². The number of carboxylic acids is 1. The SMILES string of the molecule is CC/C=C\C/C=C\C/C=C\C/C=C\C/C=C\CCCCCCCCCCCCCCCCCCCCCC(=O)OC(COC(=O)CCCCCCCCCCCCCCCCCCCCCC)COC(OCC[N+](C)(C)C)C(=O)O. The highest BCUT2D eigenvalue weighted by Gasteiger charge is 2.25.